The zero-order chi connectivity index (χ0) is 22.9. The molecule has 1 saturated heterocycles. The summed E-state index contributed by atoms with van der Waals surface area (Å²) in [5.74, 6) is 0.0419. The molecule has 0 unspecified atom stereocenters. The monoisotopic (exact) mass is 473 g/mol. The van der Waals surface area contributed by atoms with Crippen molar-refractivity contribution in [3.05, 3.63) is 53.6 Å². The van der Waals surface area contributed by atoms with Crippen LogP contribution >= 0.6 is 11.8 Å². The topological polar surface area (TPSA) is 81.5 Å². The molecule has 32 heavy (non-hydrogen) atoms. The molecule has 0 spiro atoms. The quantitative estimate of drug-likeness (QED) is 0.384. The summed E-state index contributed by atoms with van der Waals surface area (Å²) in [5.41, 5.74) is 3.25. The van der Waals surface area contributed by atoms with Gasteiger partial charge in [-0.1, -0.05) is 41.6 Å². The number of Topliss-reactive ketones (excluding diaryl/α,β-unsaturated/α-hetero) is 1. The number of carbonyl (C=O) groups is 1. The largest absolute Gasteiger partial charge is 0.379 e. The number of imidazole rings is 1. The molecule has 0 saturated carbocycles. The molecule has 1 aromatic heterocycles. The van der Waals surface area contributed by atoms with Crippen molar-refractivity contribution in [1.29, 1.82) is 0 Å². The summed E-state index contributed by atoms with van der Waals surface area (Å²) >= 11 is 1.39. The zero-order valence-corrected chi connectivity index (χ0v) is 20.1. The predicted octanol–water partition coefficient (Wildman–Crippen LogP) is 3.75. The number of thioether (sulfide) groups is 1. The Morgan fingerprint density at radius 3 is 2.50 bits per heavy atom. The van der Waals surface area contributed by atoms with Crippen LogP contribution in [0.3, 0.4) is 0 Å². The highest BCUT2D eigenvalue weighted by molar-refractivity contribution is 8.00. The lowest BCUT2D eigenvalue weighted by Gasteiger charge is -2.26. The fourth-order valence-electron chi connectivity index (χ4n) is 3.74. The minimum Gasteiger partial charge on any atom is -0.379 e. The van der Waals surface area contributed by atoms with Crippen LogP contribution in [0.5, 0.6) is 0 Å². The van der Waals surface area contributed by atoms with E-state index < -0.39 is 10.0 Å². The third-order valence-electron chi connectivity index (χ3n) is 5.60. The Labute approximate surface area is 192 Å². The van der Waals surface area contributed by atoms with Gasteiger partial charge in [0, 0.05) is 25.2 Å². The summed E-state index contributed by atoms with van der Waals surface area (Å²) in [6.07, 6.45) is 0. The highest BCUT2D eigenvalue weighted by atomic mass is 32.2. The average molecular weight is 474 g/mol. The molecule has 2 heterocycles. The molecule has 1 atom stereocenters. The van der Waals surface area contributed by atoms with Gasteiger partial charge in [0.05, 0.1) is 34.4 Å². The summed E-state index contributed by atoms with van der Waals surface area (Å²) in [6.45, 7) is 8.05. The fourth-order valence-corrected chi connectivity index (χ4v) is 6.24. The van der Waals surface area contributed by atoms with Gasteiger partial charge in [-0.05, 0) is 39.0 Å². The van der Waals surface area contributed by atoms with Crippen LogP contribution in [0.1, 0.15) is 29.8 Å². The van der Waals surface area contributed by atoms with Crippen molar-refractivity contribution in [1.82, 2.24) is 13.9 Å². The number of fused-ring (bicyclic) bond motifs is 1. The van der Waals surface area contributed by atoms with Gasteiger partial charge in [0.15, 0.2) is 10.9 Å². The first kappa shape index (κ1) is 23.0. The predicted molar refractivity (Wildman–Crippen MR) is 126 cm³/mol. The van der Waals surface area contributed by atoms with Gasteiger partial charge in [0.1, 0.15) is 0 Å². The highest BCUT2D eigenvalue weighted by Crippen LogP contribution is 2.30. The fraction of sp³-hybridized carbons (Fsp3) is 0.391. The third-order valence-corrected chi connectivity index (χ3v) is 8.58. The molecular weight excluding hydrogens is 446 g/mol. The first-order valence-corrected chi connectivity index (χ1v) is 13.0. The van der Waals surface area contributed by atoms with Gasteiger partial charge >= 0.3 is 0 Å². The summed E-state index contributed by atoms with van der Waals surface area (Å²) in [5, 5.41) is 0.382. The van der Waals surface area contributed by atoms with Crippen molar-refractivity contribution in [2.24, 2.45) is 0 Å². The first-order chi connectivity index (χ1) is 15.3. The molecule has 9 heteroatoms. The molecule has 4 rings (SSSR count). The van der Waals surface area contributed by atoms with Crippen LogP contribution in [0.25, 0.3) is 11.0 Å². The van der Waals surface area contributed by atoms with E-state index in [1.54, 1.807) is 18.2 Å². The maximum Gasteiger partial charge on any atom is 0.243 e. The molecule has 0 aliphatic carbocycles. The van der Waals surface area contributed by atoms with Crippen molar-refractivity contribution in [3.63, 3.8) is 0 Å². The van der Waals surface area contributed by atoms with Crippen molar-refractivity contribution in [2.45, 2.75) is 42.6 Å². The highest BCUT2D eigenvalue weighted by Gasteiger charge is 2.27. The Hall–Kier alpha value is -2.20. The molecule has 170 valence electrons. The SMILES string of the molecule is CCn1c(S[C@@H](C)C(=O)c2ccc(C)cc2)nc2cc(S(=O)(=O)N3CCOCC3)ccc21. The van der Waals surface area contributed by atoms with Crippen LogP contribution in [0, 0.1) is 6.92 Å². The van der Waals surface area contributed by atoms with Crippen LogP contribution < -0.4 is 0 Å². The maximum absolute atomic E-state index is 13.0. The lowest BCUT2D eigenvalue weighted by Crippen LogP contribution is -2.40. The number of rotatable bonds is 7. The second kappa shape index (κ2) is 9.35. The van der Waals surface area contributed by atoms with Gasteiger partial charge in [-0.25, -0.2) is 13.4 Å². The Morgan fingerprint density at radius 2 is 1.84 bits per heavy atom. The van der Waals surface area contributed by atoms with E-state index in [4.69, 9.17) is 9.72 Å². The molecule has 0 N–H and O–H groups in total. The summed E-state index contributed by atoms with van der Waals surface area (Å²) in [7, 11) is -3.60. The molecule has 2 aromatic carbocycles. The van der Waals surface area contributed by atoms with E-state index in [1.165, 1.54) is 16.1 Å². The number of sulfonamides is 1. The summed E-state index contributed by atoms with van der Waals surface area (Å²) < 4.78 is 34.8. The smallest absolute Gasteiger partial charge is 0.243 e. The van der Waals surface area contributed by atoms with Gasteiger partial charge in [-0.2, -0.15) is 4.31 Å². The maximum atomic E-state index is 13.0. The molecular formula is C23H27N3O4S2. The normalized spacial score (nSPS) is 16.3. The summed E-state index contributed by atoms with van der Waals surface area (Å²) in [4.78, 5) is 17.8. The van der Waals surface area contributed by atoms with Crippen LogP contribution in [-0.2, 0) is 21.3 Å². The molecule has 0 bridgehead atoms. The lowest BCUT2D eigenvalue weighted by molar-refractivity contribution is 0.0730. The number of hydrogen-bond acceptors (Lipinski definition) is 6. The molecule has 7 nitrogen and oxygen atoms in total. The molecule has 1 aliphatic rings. The Morgan fingerprint density at radius 1 is 1.16 bits per heavy atom. The number of aromatic nitrogens is 2. The van der Waals surface area contributed by atoms with Crippen LogP contribution in [-0.4, -0.2) is 59.6 Å². The van der Waals surface area contributed by atoms with E-state index in [9.17, 15) is 13.2 Å². The average Bonchev–Trinajstić information content (AvgIpc) is 3.15. The lowest BCUT2D eigenvalue weighted by atomic mass is 10.1. The minimum atomic E-state index is -3.60. The van der Waals surface area contributed by atoms with Gasteiger partial charge in [-0.15, -0.1) is 0 Å². The molecule has 0 radical (unpaired) electrons. The standard InChI is InChI=1S/C23H27N3O4S2/c1-4-26-21-10-9-19(32(28,29)25-11-13-30-14-12-25)15-20(21)24-23(26)31-17(3)22(27)18-7-5-16(2)6-8-18/h5-10,15,17H,4,11-14H2,1-3H3/t17-/m0/s1. The van der Waals surface area contributed by atoms with Crippen molar-refractivity contribution in [3.8, 4) is 0 Å². The number of morpholine rings is 1. The first-order valence-electron chi connectivity index (χ1n) is 10.7. The second-order valence-electron chi connectivity index (χ2n) is 7.80. The van der Waals surface area contributed by atoms with E-state index in [1.807, 2.05) is 49.6 Å². The van der Waals surface area contributed by atoms with E-state index in [0.717, 1.165) is 11.1 Å². The van der Waals surface area contributed by atoms with E-state index in [-0.39, 0.29) is 15.9 Å². The molecule has 1 aliphatic heterocycles. The van der Waals surface area contributed by atoms with Gasteiger partial charge in [0.2, 0.25) is 10.0 Å². The van der Waals surface area contributed by atoms with Crippen molar-refractivity contribution < 1.29 is 17.9 Å². The van der Waals surface area contributed by atoms with E-state index in [0.29, 0.717) is 49.1 Å². The van der Waals surface area contributed by atoms with Gasteiger partial charge < -0.3 is 9.30 Å². The molecule has 3 aromatic rings. The second-order valence-corrected chi connectivity index (χ2v) is 11.0. The Kier molecular flexibility index (Phi) is 6.71. The number of aryl methyl sites for hydroxylation is 2. The minimum absolute atomic E-state index is 0.0419. The van der Waals surface area contributed by atoms with Crippen molar-refractivity contribution in [2.75, 3.05) is 26.3 Å². The van der Waals surface area contributed by atoms with Gasteiger partial charge in [-0.3, -0.25) is 4.79 Å². The van der Waals surface area contributed by atoms with Gasteiger partial charge in [0.25, 0.3) is 0 Å². The number of nitrogens with zero attached hydrogens (tertiary/aromatic N) is 3. The van der Waals surface area contributed by atoms with Crippen LogP contribution in [0.2, 0.25) is 0 Å². The van der Waals surface area contributed by atoms with E-state index >= 15 is 0 Å². The Balaban J connectivity index is 1.62. The Bertz CT molecular complexity index is 1230. The number of ketones is 1. The third kappa shape index (κ3) is 4.47. The number of hydrogen-bond donors (Lipinski definition) is 0. The van der Waals surface area contributed by atoms with Crippen molar-refractivity contribution >= 4 is 38.6 Å². The zero-order valence-electron chi connectivity index (χ0n) is 18.4. The number of benzene rings is 2. The summed E-state index contributed by atoms with van der Waals surface area (Å²) in [6, 6.07) is 12.6. The molecule has 1 fully saturated rings. The van der Waals surface area contributed by atoms with Crippen LogP contribution in [0.15, 0.2) is 52.5 Å². The number of carbonyl (C=O) groups excluding carboxylic acids is 1. The molecule has 0 amide bonds. The van der Waals surface area contributed by atoms with E-state index in [2.05, 4.69) is 0 Å². The van der Waals surface area contributed by atoms with Crippen LogP contribution in [0.4, 0.5) is 0 Å². The number of ether oxygens (including phenoxy) is 1.